The number of hydrogen-bond donors (Lipinski definition) is 0. The van der Waals surface area contributed by atoms with Gasteiger partial charge >= 0.3 is 0 Å². The molecule has 2 aromatic carbocycles. The predicted molar refractivity (Wildman–Crippen MR) is 68.9 cm³/mol. The number of allylic oxidation sites excluding steroid dienone is 1. The van der Waals surface area contributed by atoms with Crippen LogP contribution < -0.4 is 0 Å². The molecule has 0 bridgehead atoms. The summed E-state index contributed by atoms with van der Waals surface area (Å²) in [5.74, 6) is 0. The van der Waals surface area contributed by atoms with Gasteiger partial charge in [0.1, 0.15) is 0 Å². The minimum absolute atomic E-state index is 0. The third kappa shape index (κ3) is 2.50. The Kier molecular flexibility index (Phi) is 3.79. The standard InChI is InChI=1S/C16H13.Zr/c1-12-9-14-7-8-15(11-16(14)10-12)13-5-3-2-4-6-13;/h2-11H,1H3;. The topological polar surface area (TPSA) is 0 Å². The van der Waals surface area contributed by atoms with Crippen molar-refractivity contribution in [2.75, 3.05) is 0 Å². The number of fused-ring (bicyclic) bond motifs is 1. The molecule has 2 aromatic rings. The molecule has 0 spiro atoms. The van der Waals surface area contributed by atoms with Gasteiger partial charge in [0.25, 0.3) is 0 Å². The molecule has 1 radical (unpaired) electrons. The smallest absolute Gasteiger partial charge is 0.0161 e. The van der Waals surface area contributed by atoms with E-state index in [1.807, 2.05) is 0 Å². The van der Waals surface area contributed by atoms with Crippen LogP contribution in [0, 0.1) is 6.42 Å². The van der Waals surface area contributed by atoms with Crippen molar-refractivity contribution < 1.29 is 26.2 Å². The first kappa shape index (κ1) is 12.5. The zero-order chi connectivity index (χ0) is 11.0. The Hall–Kier alpha value is -0.937. The normalized spacial score (nSPS) is 12.6. The van der Waals surface area contributed by atoms with Gasteiger partial charge < -0.3 is 0 Å². The van der Waals surface area contributed by atoms with Crippen LogP contribution in [0.25, 0.3) is 17.2 Å². The van der Waals surface area contributed by atoms with E-state index in [1.165, 1.54) is 27.8 Å². The van der Waals surface area contributed by atoms with Crippen molar-refractivity contribution in [3.63, 3.8) is 0 Å². The van der Waals surface area contributed by atoms with Crippen LogP contribution in [0.5, 0.6) is 0 Å². The Balaban J connectivity index is 0.00000108. The van der Waals surface area contributed by atoms with Crippen LogP contribution in [0.1, 0.15) is 18.1 Å². The quantitative estimate of drug-likeness (QED) is 0.735. The second kappa shape index (κ2) is 5.14. The average molecular weight is 297 g/mol. The van der Waals surface area contributed by atoms with E-state index in [-0.39, 0.29) is 26.2 Å². The Morgan fingerprint density at radius 2 is 1.53 bits per heavy atom. The second-order valence-corrected chi connectivity index (χ2v) is 4.24. The molecule has 1 heteroatoms. The second-order valence-electron chi connectivity index (χ2n) is 4.24. The Morgan fingerprint density at radius 1 is 0.765 bits per heavy atom. The van der Waals surface area contributed by atoms with Gasteiger partial charge in [-0.25, -0.2) is 0 Å². The number of rotatable bonds is 1. The van der Waals surface area contributed by atoms with Crippen molar-refractivity contribution in [2.24, 2.45) is 0 Å². The van der Waals surface area contributed by atoms with E-state index >= 15 is 0 Å². The van der Waals surface area contributed by atoms with E-state index in [4.69, 9.17) is 0 Å². The molecule has 1 aliphatic carbocycles. The summed E-state index contributed by atoms with van der Waals surface area (Å²) in [5.41, 5.74) is 6.57. The summed E-state index contributed by atoms with van der Waals surface area (Å²) in [5, 5.41) is 0. The minimum Gasteiger partial charge on any atom is -0.0643 e. The molecule has 1 aliphatic rings. The molecule has 0 saturated heterocycles. The van der Waals surface area contributed by atoms with Gasteiger partial charge in [0.05, 0.1) is 0 Å². The first-order chi connectivity index (χ1) is 7.83. The molecule has 0 saturated carbocycles. The molecular weight excluding hydrogens is 283 g/mol. The Morgan fingerprint density at radius 3 is 2.29 bits per heavy atom. The van der Waals surface area contributed by atoms with Gasteiger partial charge in [-0.3, -0.25) is 0 Å². The van der Waals surface area contributed by atoms with Gasteiger partial charge in [-0.2, -0.15) is 0 Å². The van der Waals surface area contributed by atoms with Crippen LogP contribution in [0.3, 0.4) is 0 Å². The summed E-state index contributed by atoms with van der Waals surface area (Å²) in [6.45, 7) is 2.14. The monoisotopic (exact) mass is 295 g/mol. The van der Waals surface area contributed by atoms with Gasteiger partial charge in [0, 0.05) is 32.6 Å². The van der Waals surface area contributed by atoms with Crippen molar-refractivity contribution in [3.8, 4) is 11.1 Å². The minimum atomic E-state index is 0. The van der Waals surface area contributed by atoms with Crippen LogP contribution in [0.4, 0.5) is 0 Å². The van der Waals surface area contributed by atoms with Gasteiger partial charge in [0.15, 0.2) is 0 Å². The van der Waals surface area contributed by atoms with E-state index < -0.39 is 0 Å². The van der Waals surface area contributed by atoms with Crippen molar-refractivity contribution in [1.29, 1.82) is 0 Å². The first-order valence-electron chi connectivity index (χ1n) is 5.55. The molecule has 0 unspecified atom stereocenters. The molecule has 0 aromatic heterocycles. The summed E-state index contributed by atoms with van der Waals surface area (Å²) in [6, 6.07) is 17.2. The number of benzene rings is 2. The summed E-state index contributed by atoms with van der Waals surface area (Å²) in [7, 11) is 0. The Labute approximate surface area is 122 Å². The van der Waals surface area contributed by atoms with E-state index in [0.29, 0.717) is 0 Å². The van der Waals surface area contributed by atoms with E-state index in [9.17, 15) is 0 Å². The summed E-state index contributed by atoms with van der Waals surface area (Å²) in [4.78, 5) is 0. The van der Waals surface area contributed by atoms with Crippen LogP contribution in [0.2, 0.25) is 0 Å². The summed E-state index contributed by atoms with van der Waals surface area (Å²) >= 11 is 0. The van der Waals surface area contributed by atoms with Gasteiger partial charge in [-0.1, -0.05) is 54.1 Å². The van der Waals surface area contributed by atoms with Crippen LogP contribution in [-0.4, -0.2) is 0 Å². The largest absolute Gasteiger partial charge is 0.0643 e. The molecule has 0 aliphatic heterocycles. The molecule has 81 valence electrons. The fourth-order valence-electron chi connectivity index (χ4n) is 2.17. The maximum absolute atomic E-state index is 2.26. The average Bonchev–Trinajstić information content (AvgIpc) is 2.69. The molecule has 0 atom stereocenters. The SMILES string of the molecule is CC1=Cc2cc(-c3ccccc3)ccc2[CH]1.[Zr]. The van der Waals surface area contributed by atoms with Crippen LogP contribution in [-0.2, 0) is 26.2 Å². The maximum Gasteiger partial charge on any atom is 0.0161 e. The van der Waals surface area contributed by atoms with E-state index in [1.54, 1.807) is 0 Å². The number of hydrogen-bond acceptors (Lipinski definition) is 0. The van der Waals surface area contributed by atoms with Crippen LogP contribution >= 0.6 is 0 Å². The predicted octanol–water partition coefficient (Wildman–Crippen LogP) is 4.32. The van der Waals surface area contributed by atoms with Gasteiger partial charge in [-0.15, -0.1) is 0 Å². The van der Waals surface area contributed by atoms with Gasteiger partial charge in [0.2, 0.25) is 0 Å². The molecule has 0 heterocycles. The van der Waals surface area contributed by atoms with Gasteiger partial charge in [-0.05, 0) is 35.2 Å². The fourth-order valence-corrected chi connectivity index (χ4v) is 2.17. The third-order valence-corrected chi connectivity index (χ3v) is 2.96. The van der Waals surface area contributed by atoms with E-state index in [0.717, 1.165) is 0 Å². The van der Waals surface area contributed by atoms with Crippen LogP contribution in [0.15, 0.2) is 54.1 Å². The molecule has 0 amide bonds. The molecular formula is C16H13Zr. The van der Waals surface area contributed by atoms with Crippen molar-refractivity contribution in [1.82, 2.24) is 0 Å². The molecule has 0 fully saturated rings. The molecule has 17 heavy (non-hydrogen) atoms. The molecule has 0 N–H and O–H groups in total. The summed E-state index contributed by atoms with van der Waals surface area (Å²) in [6.07, 6.45) is 4.46. The van der Waals surface area contributed by atoms with Crippen molar-refractivity contribution >= 4 is 6.08 Å². The van der Waals surface area contributed by atoms with Crippen molar-refractivity contribution in [3.05, 3.63) is 71.7 Å². The fraction of sp³-hybridized carbons (Fsp3) is 0.0625. The maximum atomic E-state index is 2.26. The van der Waals surface area contributed by atoms with Crippen molar-refractivity contribution in [2.45, 2.75) is 6.92 Å². The third-order valence-electron chi connectivity index (χ3n) is 2.96. The van der Waals surface area contributed by atoms with E-state index in [2.05, 4.69) is 68.0 Å². The first-order valence-corrected chi connectivity index (χ1v) is 5.55. The molecule has 0 nitrogen and oxygen atoms in total. The molecule has 3 rings (SSSR count). The zero-order valence-electron chi connectivity index (χ0n) is 9.77. The zero-order valence-corrected chi connectivity index (χ0v) is 12.2. The summed E-state index contributed by atoms with van der Waals surface area (Å²) < 4.78 is 0. The Bertz CT molecular complexity index is 553.